The highest BCUT2D eigenvalue weighted by atomic mass is 16.6. The molecule has 0 saturated carbocycles. The highest BCUT2D eigenvalue weighted by Gasteiger charge is 2.49. The van der Waals surface area contributed by atoms with Gasteiger partial charge in [-0.1, -0.05) is 135 Å². The Hall–Kier alpha value is -6.28. The molecule has 4 bridgehead atoms. The maximum atomic E-state index is 12.0. The van der Waals surface area contributed by atoms with Crippen LogP contribution >= 0.6 is 0 Å². The number of carbonyl (C=O) groups is 4. The number of carbonyl (C=O) groups excluding carboxylic acids is 4. The molecule has 0 aliphatic heterocycles. The van der Waals surface area contributed by atoms with Crippen molar-refractivity contribution in [3.63, 3.8) is 0 Å². The van der Waals surface area contributed by atoms with Gasteiger partial charge in [0.1, 0.15) is 39.3 Å². The highest BCUT2D eigenvalue weighted by molar-refractivity contribution is 5.91. The lowest BCUT2D eigenvalue weighted by molar-refractivity contribution is -0.155. The van der Waals surface area contributed by atoms with E-state index in [1.807, 2.05) is 12.2 Å². The highest BCUT2D eigenvalue weighted by Crippen LogP contribution is 2.64. The Balaban J connectivity index is 1.13. The molecular formula is C48H44O8. The van der Waals surface area contributed by atoms with Crippen molar-refractivity contribution in [2.75, 3.05) is 26.4 Å². The van der Waals surface area contributed by atoms with Gasteiger partial charge in [-0.2, -0.15) is 0 Å². The van der Waals surface area contributed by atoms with Gasteiger partial charge in [0.15, 0.2) is 0 Å². The van der Waals surface area contributed by atoms with Crippen molar-refractivity contribution >= 4 is 23.9 Å². The molecule has 56 heavy (non-hydrogen) atoms. The number of hydrogen-bond donors (Lipinski definition) is 0. The van der Waals surface area contributed by atoms with Crippen LogP contribution in [0.5, 0.6) is 0 Å². The van der Waals surface area contributed by atoms with Crippen molar-refractivity contribution in [2.45, 2.75) is 49.4 Å². The standard InChI is InChI=1S/C48H44O8/c1-3-23-53-41(49)29-43(51)55-25-11-9-13-31-19-21-37-39(27-31)47-35-17-7-5-15-33(35)45(37)46-34-16-6-8-18-36(34)48(47)40-28-32(20-22-38(40)46)14-10-12-26-56-44(52)30-42(50)54-24-4-2/h3-12,15-22,27-28,45-48H,1-2,13-14,23-26,29-30H2/b11-9+,12-10+. The molecule has 8 heteroatoms. The Morgan fingerprint density at radius 1 is 0.429 bits per heavy atom. The zero-order chi connectivity index (χ0) is 39.0. The summed E-state index contributed by atoms with van der Waals surface area (Å²) in [5, 5.41) is 0. The van der Waals surface area contributed by atoms with Crippen LogP contribution in [-0.2, 0) is 51.0 Å². The molecule has 0 N–H and O–H groups in total. The van der Waals surface area contributed by atoms with Crippen LogP contribution in [0.3, 0.4) is 0 Å². The summed E-state index contributed by atoms with van der Waals surface area (Å²) in [5.41, 5.74) is 13.3. The molecular weight excluding hydrogens is 705 g/mol. The molecule has 4 aromatic carbocycles. The second-order valence-corrected chi connectivity index (χ2v) is 14.1. The fraction of sp³-hybridized carbons (Fsp3) is 0.250. The Morgan fingerprint density at radius 3 is 1.11 bits per heavy atom. The number of esters is 4. The molecule has 4 aromatic rings. The zero-order valence-corrected chi connectivity index (χ0v) is 31.2. The van der Waals surface area contributed by atoms with E-state index in [0.717, 1.165) is 0 Å². The van der Waals surface area contributed by atoms with Crippen molar-refractivity contribution in [3.8, 4) is 0 Å². The summed E-state index contributed by atoms with van der Waals surface area (Å²) in [5.74, 6) is -2.09. The number of rotatable bonds is 16. The quantitative estimate of drug-likeness (QED) is 0.0491. The lowest BCUT2D eigenvalue weighted by Crippen LogP contribution is -2.35. The molecule has 0 fully saturated rings. The molecule has 8 nitrogen and oxygen atoms in total. The van der Waals surface area contributed by atoms with Crippen molar-refractivity contribution < 1.29 is 38.1 Å². The van der Waals surface area contributed by atoms with Gasteiger partial charge in [0.25, 0.3) is 0 Å². The predicted octanol–water partition coefficient (Wildman–Crippen LogP) is 8.08. The molecule has 0 spiro atoms. The minimum absolute atomic E-state index is 0.0567. The Labute approximate surface area is 327 Å². The smallest absolute Gasteiger partial charge is 0.317 e. The summed E-state index contributed by atoms with van der Waals surface area (Å²) in [6.45, 7) is 7.25. The zero-order valence-electron chi connectivity index (χ0n) is 31.2. The molecule has 0 saturated heterocycles. The second-order valence-electron chi connectivity index (χ2n) is 14.1. The topological polar surface area (TPSA) is 105 Å². The van der Waals surface area contributed by atoms with E-state index in [1.165, 1.54) is 67.8 Å². The molecule has 284 valence electrons. The minimum Gasteiger partial charge on any atom is -0.461 e. The van der Waals surface area contributed by atoms with Crippen LogP contribution in [0.25, 0.3) is 0 Å². The average molecular weight is 749 g/mol. The first-order valence-electron chi connectivity index (χ1n) is 18.9. The van der Waals surface area contributed by atoms with Crippen molar-refractivity contribution in [1.29, 1.82) is 0 Å². The summed E-state index contributed by atoms with van der Waals surface area (Å²) in [6.07, 6.45) is 11.0. The van der Waals surface area contributed by atoms with Gasteiger partial charge in [-0.25, -0.2) is 0 Å². The number of hydrogen-bond acceptors (Lipinski definition) is 8. The van der Waals surface area contributed by atoms with E-state index in [-0.39, 0.29) is 50.1 Å². The Kier molecular flexibility index (Phi) is 11.8. The number of benzene rings is 4. The molecule has 4 unspecified atom stereocenters. The largest absolute Gasteiger partial charge is 0.461 e. The monoisotopic (exact) mass is 748 g/mol. The normalized spacial score (nSPS) is 18.1. The van der Waals surface area contributed by atoms with Crippen LogP contribution in [0.4, 0.5) is 0 Å². The summed E-state index contributed by atoms with van der Waals surface area (Å²) >= 11 is 0. The third-order valence-corrected chi connectivity index (χ3v) is 10.7. The lowest BCUT2D eigenvalue weighted by Gasteiger charge is -2.50. The first-order chi connectivity index (χ1) is 27.4. The van der Waals surface area contributed by atoms with E-state index in [4.69, 9.17) is 18.9 Å². The van der Waals surface area contributed by atoms with E-state index in [2.05, 4.69) is 98.1 Å². The van der Waals surface area contributed by atoms with Crippen LogP contribution in [0.2, 0.25) is 0 Å². The number of allylic oxidation sites excluding steroid dienone is 2. The van der Waals surface area contributed by atoms with E-state index in [9.17, 15) is 19.2 Å². The van der Waals surface area contributed by atoms with Gasteiger partial charge < -0.3 is 18.9 Å². The van der Waals surface area contributed by atoms with Crippen LogP contribution in [0, 0.1) is 0 Å². The first kappa shape index (κ1) is 38.0. The van der Waals surface area contributed by atoms with Gasteiger partial charge in [0, 0.05) is 23.7 Å². The third-order valence-electron chi connectivity index (χ3n) is 10.7. The molecule has 6 aliphatic carbocycles. The van der Waals surface area contributed by atoms with E-state index in [0.29, 0.717) is 12.8 Å². The summed E-state index contributed by atoms with van der Waals surface area (Å²) in [6, 6.07) is 31.7. The van der Waals surface area contributed by atoms with E-state index < -0.39 is 36.7 Å². The molecule has 10 rings (SSSR count). The first-order valence-corrected chi connectivity index (χ1v) is 18.9. The van der Waals surface area contributed by atoms with E-state index >= 15 is 0 Å². The van der Waals surface area contributed by atoms with Crippen LogP contribution in [0.1, 0.15) is 92.1 Å². The molecule has 0 heterocycles. The SMILES string of the molecule is C=CCOC(=O)CC(=O)OC/C=C/Cc1ccc2c(c1)C1c3ccccc3C2C2c3ccccc3C1c1cc(C/C=C/COC(=O)CC(=O)OCC=C)ccc12. The van der Waals surface area contributed by atoms with Crippen LogP contribution in [-0.4, -0.2) is 50.3 Å². The van der Waals surface area contributed by atoms with Crippen molar-refractivity contribution in [3.05, 3.63) is 190 Å². The Morgan fingerprint density at radius 2 is 0.750 bits per heavy atom. The van der Waals surface area contributed by atoms with Gasteiger partial charge in [0.05, 0.1) is 0 Å². The minimum atomic E-state index is -0.639. The average Bonchev–Trinajstić information content (AvgIpc) is 3.19. The Bertz CT molecular complexity index is 2070. The van der Waals surface area contributed by atoms with Crippen LogP contribution in [0.15, 0.2) is 135 Å². The third kappa shape index (κ3) is 8.05. The van der Waals surface area contributed by atoms with Crippen molar-refractivity contribution in [1.82, 2.24) is 0 Å². The summed E-state index contributed by atoms with van der Waals surface area (Å²) in [4.78, 5) is 47.5. The summed E-state index contributed by atoms with van der Waals surface area (Å²) in [7, 11) is 0. The van der Waals surface area contributed by atoms with Gasteiger partial charge >= 0.3 is 23.9 Å². The van der Waals surface area contributed by atoms with E-state index in [1.54, 1.807) is 12.2 Å². The van der Waals surface area contributed by atoms with Gasteiger partial charge in [-0.05, 0) is 68.5 Å². The second kappa shape index (κ2) is 17.5. The molecule has 0 amide bonds. The van der Waals surface area contributed by atoms with Gasteiger partial charge in [-0.3, -0.25) is 19.2 Å². The maximum absolute atomic E-state index is 12.0. The molecule has 0 radical (unpaired) electrons. The summed E-state index contributed by atoms with van der Waals surface area (Å²) < 4.78 is 20.1. The predicted molar refractivity (Wildman–Crippen MR) is 212 cm³/mol. The number of ether oxygens (including phenoxy) is 4. The fourth-order valence-corrected chi connectivity index (χ4v) is 8.47. The maximum Gasteiger partial charge on any atom is 0.317 e. The molecule has 4 atom stereocenters. The van der Waals surface area contributed by atoms with Crippen LogP contribution < -0.4 is 0 Å². The molecule has 6 aliphatic rings. The van der Waals surface area contributed by atoms with Crippen molar-refractivity contribution in [2.24, 2.45) is 0 Å². The molecule has 0 aromatic heterocycles. The van der Waals surface area contributed by atoms with Gasteiger partial charge in [-0.15, -0.1) is 0 Å². The fourth-order valence-electron chi connectivity index (χ4n) is 8.47. The van der Waals surface area contributed by atoms with Gasteiger partial charge in [0.2, 0.25) is 0 Å². The lowest BCUT2D eigenvalue weighted by atomic mass is 9.53.